The second kappa shape index (κ2) is 6.87. The Balaban J connectivity index is 1.55. The number of urea groups is 1. The summed E-state index contributed by atoms with van der Waals surface area (Å²) in [5.74, 6) is 1.49. The Morgan fingerprint density at radius 3 is 2.87 bits per heavy atom. The summed E-state index contributed by atoms with van der Waals surface area (Å²) in [6.07, 6.45) is 0. The van der Waals surface area contributed by atoms with Crippen LogP contribution in [0.2, 0.25) is 0 Å². The highest BCUT2D eigenvalue weighted by atomic mass is 32.1. The van der Waals surface area contributed by atoms with Crippen LogP contribution in [0.4, 0.5) is 4.79 Å². The van der Waals surface area contributed by atoms with Gasteiger partial charge in [-0.2, -0.15) is 0 Å². The average Bonchev–Trinajstić information content (AvgIpc) is 2.98. The fraction of sp³-hybridized carbons (Fsp3) is 0.375. The lowest BCUT2D eigenvalue weighted by molar-refractivity contribution is 0.171. The highest BCUT2D eigenvalue weighted by Crippen LogP contribution is 2.31. The molecule has 6 nitrogen and oxygen atoms in total. The number of amides is 2. The fourth-order valence-electron chi connectivity index (χ4n) is 2.32. The topological polar surface area (TPSA) is 63.7 Å². The lowest BCUT2D eigenvalue weighted by Gasteiger charge is -2.21. The number of carbonyl (C=O) groups excluding carboxylic acids is 1. The van der Waals surface area contributed by atoms with E-state index in [2.05, 4.69) is 10.3 Å². The third-order valence-electron chi connectivity index (χ3n) is 3.46. The van der Waals surface area contributed by atoms with Gasteiger partial charge < -0.3 is 19.7 Å². The van der Waals surface area contributed by atoms with Gasteiger partial charge in [0.25, 0.3) is 0 Å². The zero-order valence-electron chi connectivity index (χ0n) is 13.2. The van der Waals surface area contributed by atoms with Gasteiger partial charge in [0.2, 0.25) is 0 Å². The van der Waals surface area contributed by atoms with Crippen molar-refractivity contribution >= 4 is 17.4 Å². The Bertz CT molecular complexity index is 702. The van der Waals surface area contributed by atoms with E-state index < -0.39 is 0 Å². The molecule has 0 spiro atoms. The van der Waals surface area contributed by atoms with Gasteiger partial charge in [0.1, 0.15) is 13.2 Å². The minimum absolute atomic E-state index is 0.134. The molecule has 7 heteroatoms. The number of benzene rings is 1. The molecule has 0 radical (unpaired) electrons. The van der Waals surface area contributed by atoms with Crippen LogP contribution in [-0.4, -0.2) is 36.2 Å². The quantitative estimate of drug-likeness (QED) is 0.934. The molecular weight excluding hydrogens is 314 g/mol. The Kier molecular flexibility index (Phi) is 4.66. The van der Waals surface area contributed by atoms with Crippen molar-refractivity contribution in [2.75, 3.05) is 20.3 Å². The van der Waals surface area contributed by atoms with Gasteiger partial charge in [0.15, 0.2) is 11.5 Å². The van der Waals surface area contributed by atoms with E-state index in [0.717, 1.165) is 27.8 Å². The van der Waals surface area contributed by atoms with Gasteiger partial charge in [-0.15, -0.1) is 11.3 Å². The van der Waals surface area contributed by atoms with E-state index in [1.165, 1.54) is 0 Å². The highest BCUT2D eigenvalue weighted by molar-refractivity contribution is 7.09. The van der Waals surface area contributed by atoms with Crippen LogP contribution in [0.1, 0.15) is 16.3 Å². The maximum absolute atomic E-state index is 12.2. The van der Waals surface area contributed by atoms with E-state index in [-0.39, 0.29) is 6.03 Å². The van der Waals surface area contributed by atoms with E-state index in [1.807, 2.05) is 30.5 Å². The summed E-state index contributed by atoms with van der Waals surface area (Å²) in [6.45, 7) is 4.02. The number of nitrogens with zero attached hydrogens (tertiary/aromatic N) is 2. The number of aromatic nitrogens is 1. The average molecular weight is 333 g/mol. The number of thiazole rings is 1. The number of rotatable bonds is 4. The van der Waals surface area contributed by atoms with Gasteiger partial charge in [0.05, 0.1) is 17.2 Å². The molecule has 0 aliphatic carbocycles. The molecule has 1 aromatic heterocycles. The van der Waals surface area contributed by atoms with Crippen LogP contribution < -0.4 is 14.8 Å². The summed E-state index contributed by atoms with van der Waals surface area (Å²) in [5.41, 5.74) is 1.88. The highest BCUT2D eigenvalue weighted by Gasteiger charge is 2.14. The van der Waals surface area contributed by atoms with Crippen molar-refractivity contribution < 1.29 is 14.3 Å². The van der Waals surface area contributed by atoms with Crippen LogP contribution in [0, 0.1) is 6.92 Å². The van der Waals surface area contributed by atoms with Crippen molar-refractivity contribution in [2.24, 2.45) is 0 Å². The van der Waals surface area contributed by atoms with Crippen molar-refractivity contribution in [2.45, 2.75) is 20.0 Å². The summed E-state index contributed by atoms with van der Waals surface area (Å²) in [5, 5.41) is 5.82. The standard InChI is InChI=1S/C16H19N3O3S/c1-11-18-13(10-23-11)8-17-16(20)19(2)9-12-3-4-14-15(7-12)22-6-5-21-14/h3-4,7,10H,5-6,8-9H2,1-2H3,(H,17,20). The van der Waals surface area contributed by atoms with E-state index in [1.54, 1.807) is 23.3 Å². The lowest BCUT2D eigenvalue weighted by Crippen LogP contribution is -2.36. The van der Waals surface area contributed by atoms with Gasteiger partial charge in [-0.05, 0) is 24.6 Å². The second-order valence-electron chi connectivity index (χ2n) is 5.35. The van der Waals surface area contributed by atoms with Gasteiger partial charge in [-0.3, -0.25) is 0 Å². The molecule has 0 unspecified atom stereocenters. The normalized spacial score (nSPS) is 12.8. The smallest absolute Gasteiger partial charge is 0.317 e. The predicted octanol–water partition coefficient (Wildman–Crippen LogP) is 2.56. The maximum Gasteiger partial charge on any atom is 0.317 e. The largest absolute Gasteiger partial charge is 0.486 e. The van der Waals surface area contributed by atoms with Crippen molar-refractivity contribution in [3.63, 3.8) is 0 Å². The van der Waals surface area contributed by atoms with Gasteiger partial charge in [-0.1, -0.05) is 6.07 Å². The molecule has 1 aliphatic rings. The molecule has 0 fully saturated rings. The number of fused-ring (bicyclic) bond motifs is 1. The first-order valence-corrected chi connectivity index (χ1v) is 8.28. The van der Waals surface area contributed by atoms with Crippen LogP contribution in [0.5, 0.6) is 11.5 Å². The molecule has 0 saturated heterocycles. The Morgan fingerprint density at radius 1 is 1.35 bits per heavy atom. The number of ether oxygens (including phenoxy) is 2. The van der Waals surface area contributed by atoms with Gasteiger partial charge in [-0.25, -0.2) is 9.78 Å². The van der Waals surface area contributed by atoms with Gasteiger partial charge in [0, 0.05) is 19.0 Å². The van der Waals surface area contributed by atoms with Gasteiger partial charge >= 0.3 is 6.03 Å². The molecule has 2 aromatic rings. The first-order valence-electron chi connectivity index (χ1n) is 7.40. The Morgan fingerprint density at radius 2 is 2.13 bits per heavy atom. The monoisotopic (exact) mass is 333 g/mol. The minimum Gasteiger partial charge on any atom is -0.486 e. The maximum atomic E-state index is 12.2. The Hall–Kier alpha value is -2.28. The molecular formula is C16H19N3O3S. The first-order chi connectivity index (χ1) is 11.1. The van der Waals surface area contributed by atoms with E-state index >= 15 is 0 Å². The van der Waals surface area contributed by atoms with Crippen LogP contribution in [0.3, 0.4) is 0 Å². The molecule has 2 amide bonds. The molecule has 1 aromatic carbocycles. The molecule has 3 rings (SSSR count). The summed E-state index contributed by atoms with van der Waals surface area (Å²) in [7, 11) is 1.76. The number of aryl methyl sites for hydroxylation is 1. The van der Waals surface area contributed by atoms with Crippen LogP contribution in [0.15, 0.2) is 23.6 Å². The Labute approximate surface area is 139 Å². The third kappa shape index (κ3) is 3.92. The van der Waals surface area contributed by atoms with Crippen molar-refractivity contribution in [1.29, 1.82) is 0 Å². The minimum atomic E-state index is -0.134. The molecule has 2 heterocycles. The molecule has 1 aliphatic heterocycles. The van der Waals surface area contributed by atoms with E-state index in [0.29, 0.717) is 26.3 Å². The van der Waals surface area contributed by atoms with E-state index in [9.17, 15) is 4.79 Å². The second-order valence-corrected chi connectivity index (χ2v) is 6.41. The van der Waals surface area contributed by atoms with E-state index in [4.69, 9.17) is 9.47 Å². The number of hydrogen-bond acceptors (Lipinski definition) is 5. The summed E-state index contributed by atoms with van der Waals surface area (Å²) >= 11 is 1.58. The molecule has 122 valence electrons. The van der Waals surface area contributed by atoms with Crippen molar-refractivity contribution in [3.05, 3.63) is 39.8 Å². The van der Waals surface area contributed by atoms with Crippen LogP contribution >= 0.6 is 11.3 Å². The molecule has 1 N–H and O–H groups in total. The predicted molar refractivity (Wildman–Crippen MR) is 88.0 cm³/mol. The van der Waals surface area contributed by atoms with Crippen molar-refractivity contribution in [3.8, 4) is 11.5 Å². The summed E-state index contributed by atoms with van der Waals surface area (Å²) < 4.78 is 11.1. The first kappa shape index (κ1) is 15.6. The zero-order chi connectivity index (χ0) is 16.2. The van der Waals surface area contributed by atoms with Crippen LogP contribution in [-0.2, 0) is 13.1 Å². The molecule has 0 bridgehead atoms. The van der Waals surface area contributed by atoms with Crippen molar-refractivity contribution in [1.82, 2.24) is 15.2 Å². The zero-order valence-corrected chi connectivity index (χ0v) is 14.0. The third-order valence-corrected chi connectivity index (χ3v) is 4.28. The number of nitrogens with one attached hydrogen (secondary N) is 1. The molecule has 23 heavy (non-hydrogen) atoms. The fourth-order valence-corrected chi connectivity index (χ4v) is 2.93. The number of carbonyl (C=O) groups is 1. The SMILES string of the molecule is Cc1nc(CNC(=O)N(C)Cc2ccc3c(c2)OCCO3)cs1. The molecule has 0 saturated carbocycles. The molecule has 0 atom stereocenters. The number of hydrogen-bond donors (Lipinski definition) is 1. The summed E-state index contributed by atoms with van der Waals surface area (Å²) in [4.78, 5) is 18.1. The summed E-state index contributed by atoms with van der Waals surface area (Å²) in [6, 6.07) is 5.61. The lowest BCUT2D eigenvalue weighted by atomic mass is 10.2. The van der Waals surface area contributed by atoms with Crippen LogP contribution in [0.25, 0.3) is 0 Å².